The Morgan fingerprint density at radius 2 is 2.00 bits per heavy atom. The van der Waals surface area contributed by atoms with Crippen molar-refractivity contribution in [1.29, 1.82) is 0 Å². The molecule has 2 N–H and O–H groups in total. The van der Waals surface area contributed by atoms with Crippen LogP contribution in [-0.4, -0.2) is 25.0 Å². The summed E-state index contributed by atoms with van der Waals surface area (Å²) in [6.07, 6.45) is 1.00. The molecule has 86 valence electrons. The van der Waals surface area contributed by atoms with E-state index in [-0.39, 0.29) is 11.9 Å². The van der Waals surface area contributed by atoms with E-state index in [9.17, 15) is 4.79 Å². The van der Waals surface area contributed by atoms with Gasteiger partial charge in [-0.25, -0.2) is 0 Å². The SMILES string of the molecule is O=C(N[C@@H]1CCNC1)c1cc(Br)cc(Br)c1. The lowest BCUT2D eigenvalue weighted by molar-refractivity contribution is 0.0940. The fourth-order valence-electron chi connectivity index (χ4n) is 1.73. The van der Waals surface area contributed by atoms with Gasteiger partial charge in [0.05, 0.1) is 0 Å². The first-order valence-corrected chi connectivity index (χ1v) is 6.71. The Morgan fingerprint density at radius 1 is 1.31 bits per heavy atom. The van der Waals surface area contributed by atoms with Gasteiger partial charge < -0.3 is 10.6 Å². The molecule has 1 heterocycles. The van der Waals surface area contributed by atoms with E-state index >= 15 is 0 Å². The molecular formula is C11H12Br2N2O. The predicted octanol–water partition coefficient (Wildman–Crippen LogP) is 2.30. The first-order chi connectivity index (χ1) is 7.65. The maximum absolute atomic E-state index is 11.9. The molecule has 2 rings (SSSR count). The summed E-state index contributed by atoms with van der Waals surface area (Å²) in [6.45, 7) is 1.84. The van der Waals surface area contributed by atoms with Crippen molar-refractivity contribution in [2.75, 3.05) is 13.1 Å². The van der Waals surface area contributed by atoms with Crippen LogP contribution in [0.15, 0.2) is 27.1 Å². The van der Waals surface area contributed by atoms with Gasteiger partial charge in [-0.3, -0.25) is 4.79 Å². The van der Waals surface area contributed by atoms with E-state index in [1.165, 1.54) is 0 Å². The molecule has 16 heavy (non-hydrogen) atoms. The molecule has 1 saturated heterocycles. The van der Waals surface area contributed by atoms with Crippen LogP contribution in [0.1, 0.15) is 16.8 Å². The molecule has 0 spiro atoms. The summed E-state index contributed by atoms with van der Waals surface area (Å²) in [6, 6.07) is 5.81. The van der Waals surface area contributed by atoms with E-state index < -0.39 is 0 Å². The number of nitrogens with one attached hydrogen (secondary N) is 2. The second-order valence-electron chi connectivity index (χ2n) is 3.82. The van der Waals surface area contributed by atoms with Crippen LogP contribution in [0.2, 0.25) is 0 Å². The minimum Gasteiger partial charge on any atom is -0.348 e. The molecule has 0 bridgehead atoms. The lowest BCUT2D eigenvalue weighted by Crippen LogP contribution is -2.36. The zero-order valence-corrected chi connectivity index (χ0v) is 11.8. The minimum absolute atomic E-state index is 0.0179. The van der Waals surface area contributed by atoms with Crippen molar-refractivity contribution in [3.63, 3.8) is 0 Å². The molecule has 1 aliphatic rings. The summed E-state index contributed by atoms with van der Waals surface area (Å²) in [5.41, 5.74) is 0.674. The number of amides is 1. The number of halogens is 2. The average Bonchev–Trinajstić information content (AvgIpc) is 2.68. The highest BCUT2D eigenvalue weighted by Gasteiger charge is 2.17. The highest BCUT2D eigenvalue weighted by molar-refractivity contribution is 9.11. The lowest BCUT2D eigenvalue weighted by atomic mass is 10.2. The summed E-state index contributed by atoms with van der Waals surface area (Å²) < 4.78 is 1.80. The van der Waals surface area contributed by atoms with Gasteiger partial charge in [0, 0.05) is 27.1 Å². The third-order valence-electron chi connectivity index (χ3n) is 2.52. The molecule has 0 aromatic heterocycles. The number of rotatable bonds is 2. The molecule has 1 atom stereocenters. The van der Waals surface area contributed by atoms with Gasteiger partial charge in [0.1, 0.15) is 0 Å². The molecule has 1 amide bonds. The Hall–Kier alpha value is -0.390. The molecule has 3 nitrogen and oxygen atoms in total. The van der Waals surface area contributed by atoms with Crippen molar-refractivity contribution in [3.8, 4) is 0 Å². The molecule has 1 aromatic carbocycles. The smallest absolute Gasteiger partial charge is 0.251 e. The highest BCUT2D eigenvalue weighted by atomic mass is 79.9. The van der Waals surface area contributed by atoms with Crippen molar-refractivity contribution in [1.82, 2.24) is 10.6 Å². The third-order valence-corrected chi connectivity index (χ3v) is 3.44. The first kappa shape index (κ1) is 12.1. The number of benzene rings is 1. The Balaban J connectivity index is 2.07. The number of hydrogen-bond donors (Lipinski definition) is 2. The van der Waals surface area contributed by atoms with E-state index in [2.05, 4.69) is 42.5 Å². The Labute approximate surface area is 111 Å². The van der Waals surface area contributed by atoms with E-state index in [0.717, 1.165) is 28.5 Å². The second-order valence-corrected chi connectivity index (χ2v) is 5.65. The van der Waals surface area contributed by atoms with Crippen LogP contribution in [0.5, 0.6) is 0 Å². The van der Waals surface area contributed by atoms with Crippen molar-refractivity contribution < 1.29 is 4.79 Å². The van der Waals surface area contributed by atoms with Gasteiger partial charge in [0.15, 0.2) is 0 Å². The Kier molecular flexibility index (Phi) is 4.00. The summed E-state index contributed by atoms with van der Waals surface area (Å²) in [7, 11) is 0. The number of carbonyl (C=O) groups excluding carboxylic acids is 1. The monoisotopic (exact) mass is 346 g/mol. The first-order valence-electron chi connectivity index (χ1n) is 5.13. The van der Waals surface area contributed by atoms with Gasteiger partial charge in [-0.15, -0.1) is 0 Å². The van der Waals surface area contributed by atoms with Gasteiger partial charge in [0.25, 0.3) is 5.91 Å². The lowest BCUT2D eigenvalue weighted by Gasteiger charge is -2.11. The zero-order chi connectivity index (χ0) is 11.5. The molecule has 0 unspecified atom stereocenters. The van der Waals surface area contributed by atoms with Crippen LogP contribution < -0.4 is 10.6 Å². The fourth-order valence-corrected chi connectivity index (χ4v) is 3.03. The van der Waals surface area contributed by atoms with Gasteiger partial charge in [-0.2, -0.15) is 0 Å². The van der Waals surface area contributed by atoms with Gasteiger partial charge in [-0.1, -0.05) is 31.9 Å². The molecular weight excluding hydrogens is 336 g/mol. The maximum atomic E-state index is 11.9. The van der Waals surface area contributed by atoms with E-state index in [1.807, 2.05) is 18.2 Å². The summed E-state index contributed by atoms with van der Waals surface area (Å²) in [5, 5.41) is 6.23. The summed E-state index contributed by atoms with van der Waals surface area (Å²) in [5.74, 6) is -0.0179. The van der Waals surface area contributed by atoms with Crippen LogP contribution >= 0.6 is 31.9 Å². The normalized spacial score (nSPS) is 19.8. The number of carbonyl (C=O) groups is 1. The molecule has 0 saturated carbocycles. The predicted molar refractivity (Wildman–Crippen MR) is 70.6 cm³/mol. The topological polar surface area (TPSA) is 41.1 Å². The van der Waals surface area contributed by atoms with Gasteiger partial charge in [-0.05, 0) is 31.2 Å². The zero-order valence-electron chi connectivity index (χ0n) is 8.59. The van der Waals surface area contributed by atoms with Gasteiger partial charge in [0.2, 0.25) is 0 Å². The summed E-state index contributed by atoms with van der Waals surface area (Å²) in [4.78, 5) is 11.9. The van der Waals surface area contributed by atoms with E-state index in [4.69, 9.17) is 0 Å². The van der Waals surface area contributed by atoms with Gasteiger partial charge >= 0.3 is 0 Å². The second kappa shape index (κ2) is 5.29. The van der Waals surface area contributed by atoms with Crippen LogP contribution in [0, 0.1) is 0 Å². The Bertz CT molecular complexity index is 383. The Morgan fingerprint density at radius 3 is 2.56 bits per heavy atom. The van der Waals surface area contributed by atoms with Crippen LogP contribution in [0.25, 0.3) is 0 Å². The average molecular weight is 348 g/mol. The van der Waals surface area contributed by atoms with Crippen molar-refractivity contribution in [3.05, 3.63) is 32.7 Å². The third kappa shape index (κ3) is 3.06. The molecule has 1 fully saturated rings. The molecule has 1 aliphatic heterocycles. The highest BCUT2D eigenvalue weighted by Crippen LogP contribution is 2.20. The summed E-state index contributed by atoms with van der Waals surface area (Å²) >= 11 is 6.74. The van der Waals surface area contributed by atoms with Crippen LogP contribution in [-0.2, 0) is 0 Å². The van der Waals surface area contributed by atoms with Crippen molar-refractivity contribution >= 4 is 37.8 Å². The van der Waals surface area contributed by atoms with Crippen LogP contribution in [0.4, 0.5) is 0 Å². The quantitative estimate of drug-likeness (QED) is 0.861. The van der Waals surface area contributed by atoms with E-state index in [1.54, 1.807) is 0 Å². The largest absolute Gasteiger partial charge is 0.348 e. The maximum Gasteiger partial charge on any atom is 0.251 e. The molecule has 0 aliphatic carbocycles. The molecule has 1 aromatic rings. The van der Waals surface area contributed by atoms with E-state index in [0.29, 0.717) is 5.56 Å². The standard InChI is InChI=1S/C11H12Br2N2O/c12-8-3-7(4-9(13)5-8)11(16)15-10-1-2-14-6-10/h3-5,10,14H,1-2,6H2,(H,15,16)/t10-/m1/s1. The van der Waals surface area contributed by atoms with Crippen molar-refractivity contribution in [2.24, 2.45) is 0 Å². The van der Waals surface area contributed by atoms with Crippen LogP contribution in [0.3, 0.4) is 0 Å². The molecule has 0 radical (unpaired) electrons. The van der Waals surface area contributed by atoms with Crippen molar-refractivity contribution in [2.45, 2.75) is 12.5 Å². The fraction of sp³-hybridized carbons (Fsp3) is 0.364. The minimum atomic E-state index is -0.0179. The number of hydrogen-bond acceptors (Lipinski definition) is 2. The molecule has 5 heteroatoms.